The van der Waals surface area contributed by atoms with Crippen LogP contribution in [0, 0.1) is 0 Å². The van der Waals surface area contributed by atoms with Gasteiger partial charge >= 0.3 is 0 Å². The Hall–Kier alpha value is -2.00. The topological polar surface area (TPSA) is 46.3 Å². The van der Waals surface area contributed by atoms with Gasteiger partial charge in [0.05, 0.1) is 11.6 Å². The summed E-state index contributed by atoms with van der Waals surface area (Å²) >= 11 is 5.98. The molecule has 108 valence electrons. The number of rotatable bonds is 2. The van der Waals surface area contributed by atoms with Gasteiger partial charge in [-0.1, -0.05) is 35.9 Å². The van der Waals surface area contributed by atoms with Crippen molar-refractivity contribution < 1.29 is 4.79 Å². The Labute approximate surface area is 129 Å². The Morgan fingerprint density at radius 3 is 2.86 bits per heavy atom. The molecule has 0 saturated heterocycles. The third-order valence-corrected chi connectivity index (χ3v) is 4.37. The van der Waals surface area contributed by atoms with E-state index < -0.39 is 0 Å². The van der Waals surface area contributed by atoms with Crippen molar-refractivity contribution in [2.24, 2.45) is 0 Å². The van der Waals surface area contributed by atoms with Crippen molar-refractivity contribution in [3.8, 4) is 0 Å². The summed E-state index contributed by atoms with van der Waals surface area (Å²) in [5.74, 6) is -0.0864. The number of benzene rings is 2. The SMILES string of the molecule is CN(C(=O)c1cc(Cl)ccc1N)C1CCc2ccccc21. The largest absolute Gasteiger partial charge is 0.398 e. The maximum atomic E-state index is 12.7. The molecule has 1 aliphatic carbocycles. The molecule has 1 aliphatic rings. The number of nitrogens with zero attached hydrogens (tertiary/aromatic N) is 1. The van der Waals surface area contributed by atoms with E-state index in [4.69, 9.17) is 17.3 Å². The van der Waals surface area contributed by atoms with Crippen molar-refractivity contribution in [2.75, 3.05) is 12.8 Å². The normalized spacial score (nSPS) is 16.6. The van der Waals surface area contributed by atoms with Crippen molar-refractivity contribution in [3.63, 3.8) is 0 Å². The summed E-state index contributed by atoms with van der Waals surface area (Å²) in [5, 5.41) is 0.521. The van der Waals surface area contributed by atoms with Gasteiger partial charge in [-0.25, -0.2) is 0 Å². The van der Waals surface area contributed by atoms with Gasteiger partial charge in [0.2, 0.25) is 0 Å². The second-order valence-electron chi connectivity index (χ2n) is 5.40. The Balaban J connectivity index is 1.91. The molecule has 3 nitrogen and oxygen atoms in total. The number of hydrogen-bond donors (Lipinski definition) is 1. The highest BCUT2D eigenvalue weighted by atomic mass is 35.5. The zero-order valence-electron chi connectivity index (χ0n) is 11.8. The molecule has 0 aliphatic heterocycles. The molecule has 4 heteroatoms. The smallest absolute Gasteiger partial charge is 0.256 e. The predicted octanol–water partition coefficient (Wildman–Crippen LogP) is 3.68. The van der Waals surface area contributed by atoms with Crippen LogP contribution in [-0.4, -0.2) is 17.9 Å². The van der Waals surface area contributed by atoms with Gasteiger partial charge in [0.1, 0.15) is 0 Å². The van der Waals surface area contributed by atoms with Crippen molar-refractivity contribution in [1.82, 2.24) is 4.90 Å². The number of nitrogens with two attached hydrogens (primary N) is 1. The molecule has 2 aromatic rings. The van der Waals surface area contributed by atoms with Crippen molar-refractivity contribution in [3.05, 3.63) is 64.2 Å². The standard InChI is InChI=1S/C17H17ClN2O/c1-20(16-9-6-11-4-2-3-5-13(11)16)17(21)14-10-12(18)7-8-15(14)19/h2-5,7-8,10,16H,6,9,19H2,1H3. The van der Waals surface area contributed by atoms with Crippen LogP contribution in [0.25, 0.3) is 0 Å². The number of anilines is 1. The molecule has 1 atom stereocenters. The van der Waals surface area contributed by atoms with Gasteiger partial charge in [-0.3, -0.25) is 4.79 Å². The maximum absolute atomic E-state index is 12.7. The zero-order chi connectivity index (χ0) is 15.0. The van der Waals surface area contributed by atoms with Gasteiger partial charge < -0.3 is 10.6 Å². The first kappa shape index (κ1) is 14.0. The fourth-order valence-corrected chi connectivity index (χ4v) is 3.15. The zero-order valence-corrected chi connectivity index (χ0v) is 12.6. The molecule has 0 radical (unpaired) electrons. The minimum Gasteiger partial charge on any atom is -0.398 e. The molecule has 21 heavy (non-hydrogen) atoms. The maximum Gasteiger partial charge on any atom is 0.256 e. The Kier molecular flexibility index (Phi) is 3.60. The lowest BCUT2D eigenvalue weighted by Crippen LogP contribution is -2.30. The van der Waals surface area contributed by atoms with E-state index in [1.54, 1.807) is 23.1 Å². The summed E-state index contributed by atoms with van der Waals surface area (Å²) in [7, 11) is 1.83. The van der Waals surface area contributed by atoms with E-state index in [2.05, 4.69) is 12.1 Å². The third kappa shape index (κ3) is 2.49. The average molecular weight is 301 g/mol. The van der Waals surface area contributed by atoms with Gasteiger partial charge in [-0.15, -0.1) is 0 Å². The first-order chi connectivity index (χ1) is 10.1. The number of hydrogen-bond acceptors (Lipinski definition) is 2. The number of nitrogen functional groups attached to an aromatic ring is 1. The first-order valence-electron chi connectivity index (χ1n) is 6.98. The molecule has 1 unspecified atom stereocenters. The van der Waals surface area contributed by atoms with Crippen LogP contribution in [0.1, 0.15) is 33.9 Å². The Bertz CT molecular complexity index is 699. The summed E-state index contributed by atoms with van der Waals surface area (Å²) in [5.41, 5.74) is 9.39. The summed E-state index contributed by atoms with van der Waals surface area (Å²) < 4.78 is 0. The van der Waals surface area contributed by atoms with Crippen molar-refractivity contribution in [2.45, 2.75) is 18.9 Å². The molecule has 0 fully saturated rings. The summed E-state index contributed by atoms with van der Waals surface area (Å²) in [6, 6.07) is 13.4. The molecule has 2 N–H and O–H groups in total. The van der Waals surface area contributed by atoms with E-state index >= 15 is 0 Å². The molecule has 0 saturated carbocycles. The highest BCUT2D eigenvalue weighted by molar-refractivity contribution is 6.31. The lowest BCUT2D eigenvalue weighted by atomic mass is 10.1. The second kappa shape index (κ2) is 5.41. The Morgan fingerprint density at radius 2 is 2.05 bits per heavy atom. The van der Waals surface area contributed by atoms with Crippen LogP contribution in [0.15, 0.2) is 42.5 Å². The third-order valence-electron chi connectivity index (χ3n) is 4.13. The average Bonchev–Trinajstić information content (AvgIpc) is 2.92. The van der Waals surface area contributed by atoms with Crippen LogP contribution in [-0.2, 0) is 6.42 Å². The number of carbonyl (C=O) groups excluding carboxylic acids is 1. The highest BCUT2D eigenvalue weighted by Crippen LogP contribution is 2.36. The molecule has 1 amide bonds. The predicted molar refractivity (Wildman–Crippen MR) is 85.5 cm³/mol. The number of carbonyl (C=O) groups is 1. The molecule has 0 heterocycles. The van der Waals surface area contributed by atoms with Gasteiger partial charge in [-0.2, -0.15) is 0 Å². The lowest BCUT2D eigenvalue weighted by molar-refractivity contribution is 0.0731. The quantitative estimate of drug-likeness (QED) is 0.860. The first-order valence-corrected chi connectivity index (χ1v) is 7.35. The van der Waals surface area contributed by atoms with E-state index in [1.165, 1.54) is 11.1 Å². The molecular formula is C17H17ClN2O. The van der Waals surface area contributed by atoms with E-state index in [-0.39, 0.29) is 11.9 Å². The molecule has 3 rings (SSSR count). The van der Waals surface area contributed by atoms with Crippen LogP contribution in [0.3, 0.4) is 0 Å². The van der Waals surface area contributed by atoms with Crippen LogP contribution in [0.5, 0.6) is 0 Å². The van der Waals surface area contributed by atoms with Crippen LogP contribution >= 0.6 is 11.6 Å². The summed E-state index contributed by atoms with van der Waals surface area (Å²) in [6.07, 6.45) is 1.95. The molecular weight excluding hydrogens is 284 g/mol. The minimum absolute atomic E-state index is 0.0864. The number of amides is 1. The number of aryl methyl sites for hydroxylation is 1. The molecule has 2 aromatic carbocycles. The van der Waals surface area contributed by atoms with E-state index in [1.807, 2.05) is 19.2 Å². The van der Waals surface area contributed by atoms with Crippen molar-refractivity contribution in [1.29, 1.82) is 0 Å². The van der Waals surface area contributed by atoms with Crippen LogP contribution in [0.4, 0.5) is 5.69 Å². The van der Waals surface area contributed by atoms with Crippen LogP contribution in [0.2, 0.25) is 5.02 Å². The summed E-state index contributed by atoms with van der Waals surface area (Å²) in [6.45, 7) is 0. The Morgan fingerprint density at radius 1 is 1.29 bits per heavy atom. The van der Waals surface area contributed by atoms with Gasteiger partial charge in [0.15, 0.2) is 0 Å². The molecule has 0 bridgehead atoms. The summed E-state index contributed by atoms with van der Waals surface area (Å²) in [4.78, 5) is 14.5. The van der Waals surface area contributed by atoms with E-state index in [0.29, 0.717) is 16.3 Å². The van der Waals surface area contributed by atoms with Gasteiger partial charge in [-0.05, 0) is 42.2 Å². The monoisotopic (exact) mass is 300 g/mol. The van der Waals surface area contributed by atoms with Crippen LogP contribution < -0.4 is 5.73 Å². The van der Waals surface area contributed by atoms with E-state index in [0.717, 1.165) is 12.8 Å². The van der Waals surface area contributed by atoms with Gasteiger partial charge in [0.25, 0.3) is 5.91 Å². The fraction of sp³-hybridized carbons (Fsp3) is 0.235. The molecule has 0 aromatic heterocycles. The van der Waals surface area contributed by atoms with E-state index in [9.17, 15) is 4.79 Å². The molecule has 0 spiro atoms. The number of halogens is 1. The lowest BCUT2D eigenvalue weighted by Gasteiger charge is -2.26. The minimum atomic E-state index is -0.0864. The fourth-order valence-electron chi connectivity index (χ4n) is 2.98. The van der Waals surface area contributed by atoms with Crippen molar-refractivity contribution >= 4 is 23.2 Å². The second-order valence-corrected chi connectivity index (χ2v) is 5.84. The highest BCUT2D eigenvalue weighted by Gasteiger charge is 2.29. The number of fused-ring (bicyclic) bond motifs is 1. The van der Waals surface area contributed by atoms with Gasteiger partial charge in [0, 0.05) is 17.8 Å².